The molecule has 1 aliphatic rings. The number of nitriles is 1. The van der Waals surface area contributed by atoms with Gasteiger partial charge in [-0.05, 0) is 18.2 Å². The van der Waals surface area contributed by atoms with E-state index in [1.807, 2.05) is 0 Å². The van der Waals surface area contributed by atoms with Crippen molar-refractivity contribution in [3.8, 4) is 11.8 Å². The Hall–Kier alpha value is -2.94. The van der Waals surface area contributed by atoms with E-state index in [0.29, 0.717) is 11.3 Å². The van der Waals surface area contributed by atoms with Gasteiger partial charge in [0.05, 0.1) is 31.0 Å². The van der Waals surface area contributed by atoms with Crippen LogP contribution < -0.4 is 4.74 Å². The molecular weight excluding hydrogens is 285 g/mol. The van der Waals surface area contributed by atoms with E-state index in [4.69, 9.17) is 4.74 Å². The van der Waals surface area contributed by atoms with Crippen LogP contribution in [0.3, 0.4) is 0 Å². The zero-order valence-corrected chi connectivity index (χ0v) is 11.8. The largest absolute Gasteiger partial charge is 0.497 e. The first-order valence-corrected chi connectivity index (χ1v) is 6.63. The van der Waals surface area contributed by atoms with Crippen molar-refractivity contribution in [3.05, 3.63) is 59.2 Å². The molecule has 1 amide bonds. The van der Waals surface area contributed by atoms with Gasteiger partial charge in [-0.1, -0.05) is 6.07 Å². The topological polar surface area (TPSA) is 66.2 Å². The number of benzene rings is 1. The van der Waals surface area contributed by atoms with Crippen LogP contribution in [0.5, 0.6) is 5.75 Å². The Balaban J connectivity index is 2.03. The summed E-state index contributed by atoms with van der Waals surface area (Å²) in [6, 6.07) is 9.19. The summed E-state index contributed by atoms with van der Waals surface area (Å²) in [5.41, 5.74) is 0.903. The minimum Gasteiger partial charge on any atom is -0.497 e. The maximum absolute atomic E-state index is 14.2. The molecule has 22 heavy (non-hydrogen) atoms. The van der Waals surface area contributed by atoms with E-state index >= 15 is 0 Å². The minimum absolute atomic E-state index is 0.0664. The average molecular weight is 297 g/mol. The van der Waals surface area contributed by atoms with Gasteiger partial charge in [0, 0.05) is 17.8 Å². The van der Waals surface area contributed by atoms with Gasteiger partial charge in [0.25, 0.3) is 5.91 Å². The van der Waals surface area contributed by atoms with Crippen molar-refractivity contribution in [1.82, 2.24) is 9.88 Å². The van der Waals surface area contributed by atoms with Crippen molar-refractivity contribution in [2.75, 3.05) is 7.11 Å². The quantitative estimate of drug-likeness (QED) is 0.872. The first-order valence-electron chi connectivity index (χ1n) is 6.63. The van der Waals surface area contributed by atoms with E-state index in [9.17, 15) is 14.4 Å². The van der Waals surface area contributed by atoms with Crippen molar-refractivity contribution in [2.45, 2.75) is 12.6 Å². The molecule has 0 radical (unpaired) electrons. The lowest BCUT2D eigenvalue weighted by molar-refractivity contribution is 0.0739. The zero-order valence-electron chi connectivity index (χ0n) is 11.8. The number of aromatic nitrogens is 1. The molecular formula is C16H12FN3O2. The number of halogens is 1. The van der Waals surface area contributed by atoms with Crippen LogP contribution >= 0.6 is 0 Å². The van der Waals surface area contributed by atoms with Gasteiger partial charge in [-0.2, -0.15) is 5.26 Å². The van der Waals surface area contributed by atoms with Crippen molar-refractivity contribution in [3.63, 3.8) is 0 Å². The SMILES string of the molecule is COc1cc(F)c2c(c1)C(C#N)N(Cc1ccccn1)C2=O. The van der Waals surface area contributed by atoms with Crippen molar-refractivity contribution in [1.29, 1.82) is 5.26 Å². The fraction of sp³-hybridized carbons (Fsp3) is 0.188. The second-order valence-corrected chi connectivity index (χ2v) is 4.86. The number of pyridine rings is 1. The first kappa shape index (κ1) is 14.0. The Kier molecular flexibility index (Phi) is 3.47. The molecule has 0 fully saturated rings. The molecule has 0 aliphatic carbocycles. The fourth-order valence-corrected chi connectivity index (χ4v) is 2.56. The second-order valence-electron chi connectivity index (χ2n) is 4.86. The van der Waals surface area contributed by atoms with Crippen molar-refractivity contribution < 1.29 is 13.9 Å². The van der Waals surface area contributed by atoms with E-state index in [1.54, 1.807) is 24.4 Å². The highest BCUT2D eigenvalue weighted by Crippen LogP contribution is 2.37. The number of hydrogen-bond donors (Lipinski definition) is 0. The van der Waals surface area contributed by atoms with Crippen LogP contribution in [0, 0.1) is 17.1 Å². The van der Waals surface area contributed by atoms with Gasteiger partial charge in [0.2, 0.25) is 0 Å². The van der Waals surface area contributed by atoms with E-state index in [-0.39, 0.29) is 17.9 Å². The van der Waals surface area contributed by atoms with Crippen molar-refractivity contribution >= 4 is 5.91 Å². The summed E-state index contributed by atoms with van der Waals surface area (Å²) in [5, 5.41) is 9.41. The molecule has 1 unspecified atom stereocenters. The van der Waals surface area contributed by atoms with E-state index in [2.05, 4.69) is 11.1 Å². The Labute approximate surface area is 126 Å². The van der Waals surface area contributed by atoms with Crippen LogP contribution in [0.2, 0.25) is 0 Å². The third-order valence-corrected chi connectivity index (χ3v) is 3.59. The number of carbonyl (C=O) groups is 1. The van der Waals surface area contributed by atoms with Gasteiger partial charge in [0.1, 0.15) is 17.6 Å². The van der Waals surface area contributed by atoms with Crippen LogP contribution in [0.15, 0.2) is 36.5 Å². The molecule has 3 rings (SSSR count). The number of carbonyl (C=O) groups excluding carboxylic acids is 1. The van der Waals surface area contributed by atoms with E-state index < -0.39 is 17.8 Å². The van der Waals surface area contributed by atoms with Gasteiger partial charge < -0.3 is 9.64 Å². The molecule has 0 spiro atoms. The van der Waals surface area contributed by atoms with Gasteiger partial charge in [-0.3, -0.25) is 9.78 Å². The highest BCUT2D eigenvalue weighted by Gasteiger charge is 2.39. The Morgan fingerprint density at radius 1 is 1.45 bits per heavy atom. The molecule has 1 aromatic heterocycles. The maximum Gasteiger partial charge on any atom is 0.258 e. The van der Waals surface area contributed by atoms with Crippen LogP contribution in [-0.2, 0) is 6.54 Å². The molecule has 2 heterocycles. The number of methoxy groups -OCH3 is 1. The molecule has 2 aromatic rings. The molecule has 1 aromatic carbocycles. The van der Waals surface area contributed by atoms with E-state index in [1.165, 1.54) is 18.1 Å². The predicted molar refractivity (Wildman–Crippen MR) is 75.4 cm³/mol. The van der Waals surface area contributed by atoms with Gasteiger partial charge >= 0.3 is 0 Å². The number of rotatable bonds is 3. The van der Waals surface area contributed by atoms with Crippen molar-refractivity contribution in [2.24, 2.45) is 0 Å². The molecule has 0 N–H and O–H groups in total. The first-order chi connectivity index (χ1) is 10.7. The minimum atomic E-state index is -0.853. The third kappa shape index (κ3) is 2.17. The maximum atomic E-state index is 14.2. The summed E-state index contributed by atoms with van der Waals surface area (Å²) in [6.07, 6.45) is 1.61. The molecule has 0 bridgehead atoms. The molecule has 6 heteroatoms. The number of nitrogens with zero attached hydrogens (tertiary/aromatic N) is 3. The summed E-state index contributed by atoms with van der Waals surface area (Å²) in [5.74, 6) is -0.903. The lowest BCUT2D eigenvalue weighted by atomic mass is 10.0. The van der Waals surface area contributed by atoms with Crippen LogP contribution in [0.1, 0.15) is 27.7 Å². The summed E-state index contributed by atoms with van der Waals surface area (Å²) < 4.78 is 19.2. The van der Waals surface area contributed by atoms with Crippen LogP contribution in [-0.4, -0.2) is 22.9 Å². The third-order valence-electron chi connectivity index (χ3n) is 3.59. The van der Waals surface area contributed by atoms with Crippen LogP contribution in [0.4, 0.5) is 4.39 Å². The monoisotopic (exact) mass is 297 g/mol. The van der Waals surface area contributed by atoms with Gasteiger partial charge in [-0.15, -0.1) is 0 Å². The second kappa shape index (κ2) is 5.45. The lowest BCUT2D eigenvalue weighted by Crippen LogP contribution is -2.27. The standard InChI is InChI=1S/C16H12FN3O2/c1-22-11-6-12-14(8-18)20(9-10-4-2-3-5-19-10)16(21)15(12)13(17)7-11/h2-7,14H,9H2,1H3. The predicted octanol–water partition coefficient (Wildman–Crippen LogP) is 2.45. The summed E-state index contributed by atoms with van der Waals surface area (Å²) >= 11 is 0. The zero-order chi connectivity index (χ0) is 15.7. The van der Waals surface area contributed by atoms with Gasteiger partial charge in [-0.25, -0.2) is 4.39 Å². The molecule has 5 nitrogen and oxygen atoms in total. The van der Waals surface area contributed by atoms with E-state index in [0.717, 1.165) is 6.07 Å². The molecule has 1 aliphatic heterocycles. The number of hydrogen-bond acceptors (Lipinski definition) is 4. The number of ether oxygens (including phenoxy) is 1. The molecule has 110 valence electrons. The Bertz CT molecular complexity index is 771. The average Bonchev–Trinajstić information content (AvgIpc) is 2.80. The number of fused-ring (bicyclic) bond motifs is 1. The summed E-state index contributed by atoms with van der Waals surface area (Å²) in [4.78, 5) is 17.9. The smallest absolute Gasteiger partial charge is 0.258 e. The fourth-order valence-electron chi connectivity index (χ4n) is 2.56. The normalized spacial score (nSPS) is 16.3. The number of amides is 1. The summed E-state index contributed by atoms with van der Waals surface area (Å²) in [7, 11) is 1.41. The van der Waals surface area contributed by atoms with Gasteiger partial charge in [0.15, 0.2) is 0 Å². The highest BCUT2D eigenvalue weighted by atomic mass is 19.1. The molecule has 0 saturated heterocycles. The van der Waals surface area contributed by atoms with Crippen LogP contribution in [0.25, 0.3) is 0 Å². The molecule has 1 atom stereocenters. The Morgan fingerprint density at radius 2 is 2.27 bits per heavy atom. The lowest BCUT2D eigenvalue weighted by Gasteiger charge is -2.19. The summed E-state index contributed by atoms with van der Waals surface area (Å²) in [6.45, 7) is 0.147. The highest BCUT2D eigenvalue weighted by molar-refractivity contribution is 6.00. The molecule has 0 saturated carbocycles. The Morgan fingerprint density at radius 3 is 2.91 bits per heavy atom.